The molecule has 1 aromatic heterocycles. The maximum absolute atomic E-state index is 11.6. The molecule has 1 amide bonds. The fraction of sp³-hybridized carbons (Fsp3) is 0.500. The van der Waals surface area contributed by atoms with Gasteiger partial charge in [0.1, 0.15) is 11.8 Å². The minimum atomic E-state index is -0.543. The first-order chi connectivity index (χ1) is 8.08. The second-order valence-electron chi connectivity index (χ2n) is 4.08. The van der Waals surface area contributed by atoms with E-state index in [0.717, 1.165) is 6.42 Å². The topological polar surface area (TPSA) is 88.9 Å². The number of aliphatic hydroxyl groups excluding tert-OH is 1. The highest BCUT2D eigenvalue weighted by Crippen LogP contribution is 2.07. The van der Waals surface area contributed by atoms with E-state index in [0.29, 0.717) is 11.3 Å². The maximum Gasteiger partial charge on any atom is 0.252 e. The SMILES string of the molecule is CCC(C)C(O)CNC(=O)c1c[nH]c(C#N)c1. The summed E-state index contributed by atoms with van der Waals surface area (Å²) in [5.41, 5.74) is 0.746. The smallest absolute Gasteiger partial charge is 0.252 e. The molecule has 1 rings (SSSR count). The van der Waals surface area contributed by atoms with Crippen LogP contribution in [-0.4, -0.2) is 28.6 Å². The number of nitrogens with zero attached hydrogens (tertiary/aromatic N) is 1. The summed E-state index contributed by atoms with van der Waals surface area (Å²) in [6.07, 6.45) is 1.79. The van der Waals surface area contributed by atoms with Crippen LogP contribution in [0.15, 0.2) is 12.3 Å². The molecule has 5 nitrogen and oxygen atoms in total. The van der Waals surface area contributed by atoms with Crippen LogP contribution in [0.4, 0.5) is 0 Å². The number of amides is 1. The van der Waals surface area contributed by atoms with Gasteiger partial charge in [-0.05, 0) is 12.0 Å². The third kappa shape index (κ3) is 3.61. The Bertz CT molecular complexity index is 420. The van der Waals surface area contributed by atoms with Crippen LogP contribution in [0.25, 0.3) is 0 Å². The van der Waals surface area contributed by atoms with E-state index in [2.05, 4.69) is 10.3 Å². The van der Waals surface area contributed by atoms with Gasteiger partial charge >= 0.3 is 0 Å². The molecule has 5 heteroatoms. The molecule has 2 atom stereocenters. The molecule has 3 N–H and O–H groups in total. The average Bonchev–Trinajstić information content (AvgIpc) is 2.83. The lowest BCUT2D eigenvalue weighted by Crippen LogP contribution is -2.35. The molecule has 1 aromatic rings. The van der Waals surface area contributed by atoms with E-state index in [1.165, 1.54) is 12.3 Å². The number of hydrogen-bond donors (Lipinski definition) is 3. The van der Waals surface area contributed by atoms with Crippen molar-refractivity contribution in [2.45, 2.75) is 26.4 Å². The monoisotopic (exact) mass is 235 g/mol. The van der Waals surface area contributed by atoms with Gasteiger partial charge in [0.25, 0.3) is 5.91 Å². The summed E-state index contributed by atoms with van der Waals surface area (Å²) >= 11 is 0. The van der Waals surface area contributed by atoms with Crippen LogP contribution < -0.4 is 5.32 Å². The Kier molecular flexibility index (Phi) is 4.73. The van der Waals surface area contributed by atoms with Crippen molar-refractivity contribution >= 4 is 5.91 Å². The van der Waals surface area contributed by atoms with Crippen LogP contribution in [0.3, 0.4) is 0 Å². The van der Waals surface area contributed by atoms with Gasteiger partial charge in [0, 0.05) is 12.7 Å². The number of H-pyrrole nitrogens is 1. The molecule has 17 heavy (non-hydrogen) atoms. The summed E-state index contributed by atoms with van der Waals surface area (Å²) in [6, 6.07) is 3.39. The Hall–Kier alpha value is -1.80. The standard InChI is InChI=1S/C12H17N3O2/c1-3-8(2)11(16)7-15-12(17)9-4-10(5-13)14-6-9/h4,6,8,11,14,16H,3,7H2,1-2H3,(H,15,17). The summed E-state index contributed by atoms with van der Waals surface area (Å²) in [6.45, 7) is 4.14. The highest BCUT2D eigenvalue weighted by Gasteiger charge is 2.14. The van der Waals surface area contributed by atoms with Crippen LogP contribution in [0.2, 0.25) is 0 Å². The third-order valence-electron chi connectivity index (χ3n) is 2.84. The third-order valence-corrected chi connectivity index (χ3v) is 2.84. The first-order valence-electron chi connectivity index (χ1n) is 5.63. The van der Waals surface area contributed by atoms with Gasteiger partial charge in [-0.3, -0.25) is 4.79 Å². The van der Waals surface area contributed by atoms with Crippen LogP contribution in [-0.2, 0) is 0 Å². The summed E-state index contributed by atoms with van der Waals surface area (Å²) in [7, 11) is 0. The van der Waals surface area contributed by atoms with Crippen LogP contribution >= 0.6 is 0 Å². The molecule has 0 spiro atoms. The molecule has 0 radical (unpaired) electrons. The van der Waals surface area contributed by atoms with E-state index in [1.807, 2.05) is 19.9 Å². The minimum absolute atomic E-state index is 0.149. The molecule has 0 fully saturated rings. The average molecular weight is 235 g/mol. The van der Waals surface area contributed by atoms with Crippen molar-refractivity contribution in [3.8, 4) is 6.07 Å². The zero-order chi connectivity index (χ0) is 12.8. The maximum atomic E-state index is 11.6. The minimum Gasteiger partial charge on any atom is -0.391 e. The van der Waals surface area contributed by atoms with Gasteiger partial charge in [-0.2, -0.15) is 5.26 Å². The Labute approximate surface area is 100 Å². The predicted octanol–water partition coefficient (Wildman–Crippen LogP) is 1.02. The summed E-state index contributed by atoms with van der Waals surface area (Å²) in [4.78, 5) is 14.3. The Morgan fingerprint density at radius 3 is 2.94 bits per heavy atom. The highest BCUT2D eigenvalue weighted by atomic mass is 16.3. The van der Waals surface area contributed by atoms with Crippen LogP contribution in [0.1, 0.15) is 36.3 Å². The Morgan fingerprint density at radius 2 is 2.41 bits per heavy atom. The molecule has 92 valence electrons. The molecule has 0 bridgehead atoms. The Morgan fingerprint density at radius 1 is 1.71 bits per heavy atom. The lowest BCUT2D eigenvalue weighted by atomic mass is 10.0. The van der Waals surface area contributed by atoms with E-state index in [1.54, 1.807) is 0 Å². The lowest BCUT2D eigenvalue weighted by molar-refractivity contribution is 0.0850. The van der Waals surface area contributed by atoms with Crippen LogP contribution in [0, 0.1) is 17.2 Å². The largest absolute Gasteiger partial charge is 0.391 e. The van der Waals surface area contributed by atoms with E-state index < -0.39 is 6.10 Å². The van der Waals surface area contributed by atoms with Gasteiger partial charge < -0.3 is 15.4 Å². The number of aromatic amines is 1. The van der Waals surface area contributed by atoms with E-state index >= 15 is 0 Å². The second-order valence-corrected chi connectivity index (χ2v) is 4.08. The number of carbonyl (C=O) groups excluding carboxylic acids is 1. The molecule has 2 unspecified atom stereocenters. The Balaban J connectivity index is 2.48. The zero-order valence-corrected chi connectivity index (χ0v) is 10.0. The summed E-state index contributed by atoms with van der Waals surface area (Å²) in [5.74, 6) is -0.138. The lowest BCUT2D eigenvalue weighted by Gasteiger charge is -2.17. The molecule has 0 aliphatic rings. The molecule has 0 aliphatic carbocycles. The van der Waals surface area contributed by atoms with Crippen molar-refractivity contribution < 1.29 is 9.90 Å². The van der Waals surface area contributed by atoms with Crippen molar-refractivity contribution in [2.75, 3.05) is 6.54 Å². The van der Waals surface area contributed by atoms with Gasteiger partial charge in [0.2, 0.25) is 0 Å². The van der Waals surface area contributed by atoms with Crippen molar-refractivity contribution in [3.63, 3.8) is 0 Å². The summed E-state index contributed by atoms with van der Waals surface area (Å²) in [5, 5.41) is 20.9. The fourth-order valence-corrected chi connectivity index (χ4v) is 1.36. The second kappa shape index (κ2) is 6.06. The van der Waals surface area contributed by atoms with Crippen molar-refractivity contribution in [2.24, 2.45) is 5.92 Å². The quantitative estimate of drug-likeness (QED) is 0.712. The van der Waals surface area contributed by atoms with Crippen molar-refractivity contribution in [1.29, 1.82) is 5.26 Å². The summed E-state index contributed by atoms with van der Waals surface area (Å²) < 4.78 is 0. The number of rotatable bonds is 5. The van der Waals surface area contributed by atoms with Crippen molar-refractivity contribution in [3.05, 3.63) is 23.5 Å². The molecule has 0 saturated carbocycles. The predicted molar refractivity (Wildman–Crippen MR) is 63.3 cm³/mol. The number of nitrogens with one attached hydrogen (secondary N) is 2. The van der Waals surface area contributed by atoms with E-state index in [-0.39, 0.29) is 18.4 Å². The molecule has 1 heterocycles. The van der Waals surface area contributed by atoms with Gasteiger partial charge in [-0.25, -0.2) is 0 Å². The fourth-order valence-electron chi connectivity index (χ4n) is 1.36. The normalized spacial score (nSPS) is 13.8. The molecular formula is C12H17N3O2. The highest BCUT2D eigenvalue weighted by molar-refractivity contribution is 5.94. The first kappa shape index (κ1) is 13.3. The van der Waals surface area contributed by atoms with Gasteiger partial charge in [-0.1, -0.05) is 20.3 Å². The first-order valence-corrected chi connectivity index (χ1v) is 5.63. The number of aliphatic hydroxyl groups is 1. The zero-order valence-electron chi connectivity index (χ0n) is 10.0. The number of nitriles is 1. The van der Waals surface area contributed by atoms with Crippen molar-refractivity contribution in [1.82, 2.24) is 10.3 Å². The van der Waals surface area contributed by atoms with Gasteiger partial charge in [0.15, 0.2) is 0 Å². The number of aromatic nitrogens is 1. The molecule has 0 aromatic carbocycles. The van der Waals surface area contributed by atoms with E-state index in [4.69, 9.17) is 5.26 Å². The molecule has 0 saturated heterocycles. The number of carbonyl (C=O) groups is 1. The number of hydrogen-bond acceptors (Lipinski definition) is 3. The van der Waals surface area contributed by atoms with Crippen LogP contribution in [0.5, 0.6) is 0 Å². The van der Waals surface area contributed by atoms with Gasteiger partial charge in [0.05, 0.1) is 11.7 Å². The van der Waals surface area contributed by atoms with Gasteiger partial charge in [-0.15, -0.1) is 0 Å². The van der Waals surface area contributed by atoms with E-state index in [9.17, 15) is 9.90 Å². The molecular weight excluding hydrogens is 218 g/mol. The molecule has 0 aliphatic heterocycles.